The van der Waals surface area contributed by atoms with Gasteiger partial charge in [0.1, 0.15) is 0 Å². The highest BCUT2D eigenvalue weighted by Crippen LogP contribution is 2.20. The second kappa shape index (κ2) is 7.95. The molecule has 0 bridgehead atoms. The summed E-state index contributed by atoms with van der Waals surface area (Å²) >= 11 is 6.82. The van der Waals surface area contributed by atoms with Crippen LogP contribution in [0.25, 0.3) is 6.08 Å². The number of nitrogens with zero attached hydrogens (tertiary/aromatic N) is 1. The van der Waals surface area contributed by atoms with E-state index < -0.39 is 0 Å². The molecule has 0 atom stereocenters. The fourth-order valence-corrected chi connectivity index (χ4v) is 2.20. The maximum absolute atomic E-state index is 4.93. The van der Waals surface area contributed by atoms with E-state index in [1.165, 1.54) is 0 Å². The maximum Gasteiger partial charge on any atom is 0.0769 e. The van der Waals surface area contributed by atoms with Crippen molar-refractivity contribution >= 4 is 37.9 Å². The molecule has 1 aromatic heterocycles. The van der Waals surface area contributed by atoms with Crippen molar-refractivity contribution in [2.24, 2.45) is 0 Å². The largest absolute Gasteiger partial charge is 0.383 e. The molecule has 0 amide bonds. The highest BCUT2D eigenvalue weighted by atomic mass is 79.9. The van der Waals surface area contributed by atoms with Gasteiger partial charge in [0.25, 0.3) is 0 Å². The Hall–Kier alpha value is -0.230. The molecule has 1 rings (SSSR count). The van der Waals surface area contributed by atoms with Crippen molar-refractivity contribution in [1.29, 1.82) is 0 Å². The molecule has 0 aliphatic carbocycles. The zero-order valence-electron chi connectivity index (χ0n) is 9.04. The molecular formula is C11H14Br2N2O. The molecule has 0 fully saturated rings. The Labute approximate surface area is 113 Å². The Morgan fingerprint density at radius 3 is 3.00 bits per heavy atom. The molecule has 0 radical (unpaired) electrons. The minimum atomic E-state index is 0.730. The molecule has 88 valence electrons. The van der Waals surface area contributed by atoms with Gasteiger partial charge < -0.3 is 10.1 Å². The lowest BCUT2D eigenvalue weighted by atomic mass is 10.3. The Balaban J connectivity index is 2.38. The standard InChI is InChI=1S/C11H14Br2N2O/c1-16-6-5-14-4-2-3-11-10(13)7-9(12)8-15-11/h2-3,7-8,14H,4-6H2,1H3/b3-2+. The second-order valence-electron chi connectivity index (χ2n) is 3.12. The highest BCUT2D eigenvalue weighted by Gasteiger charge is 1.97. The van der Waals surface area contributed by atoms with Crippen molar-refractivity contribution in [2.75, 3.05) is 26.8 Å². The van der Waals surface area contributed by atoms with Gasteiger partial charge in [0.15, 0.2) is 0 Å². The van der Waals surface area contributed by atoms with Crippen molar-refractivity contribution in [3.8, 4) is 0 Å². The Bertz CT molecular complexity index is 356. The van der Waals surface area contributed by atoms with E-state index in [1.54, 1.807) is 13.3 Å². The Kier molecular flexibility index (Phi) is 6.87. The van der Waals surface area contributed by atoms with Crippen LogP contribution in [-0.4, -0.2) is 31.8 Å². The molecule has 1 N–H and O–H groups in total. The summed E-state index contributed by atoms with van der Waals surface area (Å²) in [6.07, 6.45) is 5.80. The van der Waals surface area contributed by atoms with Crippen molar-refractivity contribution in [1.82, 2.24) is 10.3 Å². The zero-order chi connectivity index (χ0) is 11.8. The fraction of sp³-hybridized carbons (Fsp3) is 0.364. The third-order valence-electron chi connectivity index (χ3n) is 1.86. The van der Waals surface area contributed by atoms with Crippen LogP contribution in [0.4, 0.5) is 0 Å². The van der Waals surface area contributed by atoms with Crippen LogP contribution in [0.5, 0.6) is 0 Å². The van der Waals surface area contributed by atoms with E-state index in [1.807, 2.05) is 18.2 Å². The van der Waals surface area contributed by atoms with Crippen molar-refractivity contribution < 1.29 is 4.74 Å². The monoisotopic (exact) mass is 348 g/mol. The number of nitrogens with one attached hydrogen (secondary N) is 1. The molecule has 3 nitrogen and oxygen atoms in total. The minimum Gasteiger partial charge on any atom is -0.383 e. The average Bonchev–Trinajstić information content (AvgIpc) is 2.26. The van der Waals surface area contributed by atoms with E-state index in [4.69, 9.17) is 4.74 Å². The number of ether oxygens (including phenoxy) is 1. The normalized spacial score (nSPS) is 11.2. The van der Waals surface area contributed by atoms with Gasteiger partial charge in [0.2, 0.25) is 0 Å². The van der Waals surface area contributed by atoms with Gasteiger partial charge >= 0.3 is 0 Å². The molecule has 16 heavy (non-hydrogen) atoms. The van der Waals surface area contributed by atoms with Crippen molar-refractivity contribution in [3.05, 3.63) is 33.0 Å². The number of aromatic nitrogens is 1. The van der Waals surface area contributed by atoms with Gasteiger partial charge in [0, 0.05) is 35.3 Å². The van der Waals surface area contributed by atoms with Gasteiger partial charge in [-0.3, -0.25) is 4.98 Å². The van der Waals surface area contributed by atoms with Crippen LogP contribution in [0, 0.1) is 0 Å². The van der Waals surface area contributed by atoms with Gasteiger partial charge in [-0.15, -0.1) is 0 Å². The molecule has 0 unspecified atom stereocenters. The number of methoxy groups -OCH3 is 1. The molecule has 0 aliphatic rings. The number of halogens is 2. The summed E-state index contributed by atoms with van der Waals surface area (Å²) in [5.74, 6) is 0. The Morgan fingerprint density at radius 2 is 2.31 bits per heavy atom. The van der Waals surface area contributed by atoms with Crippen LogP contribution >= 0.6 is 31.9 Å². The van der Waals surface area contributed by atoms with Crippen LogP contribution in [0.15, 0.2) is 27.3 Å². The molecule has 1 heterocycles. The van der Waals surface area contributed by atoms with Crippen molar-refractivity contribution in [3.63, 3.8) is 0 Å². The van der Waals surface area contributed by atoms with E-state index in [-0.39, 0.29) is 0 Å². The quantitative estimate of drug-likeness (QED) is 0.802. The third-order valence-corrected chi connectivity index (χ3v) is 2.93. The minimum absolute atomic E-state index is 0.730. The molecule has 0 aliphatic heterocycles. The maximum atomic E-state index is 4.93. The van der Waals surface area contributed by atoms with E-state index in [2.05, 4.69) is 42.2 Å². The molecule has 0 saturated carbocycles. The first kappa shape index (κ1) is 13.8. The molecular weight excluding hydrogens is 336 g/mol. The van der Waals surface area contributed by atoms with Gasteiger partial charge in [-0.25, -0.2) is 0 Å². The lowest BCUT2D eigenvalue weighted by Gasteiger charge is -2.00. The number of pyridine rings is 1. The summed E-state index contributed by atoms with van der Waals surface area (Å²) in [4.78, 5) is 4.28. The molecule has 0 spiro atoms. The van der Waals surface area contributed by atoms with Gasteiger partial charge in [-0.1, -0.05) is 6.08 Å². The van der Waals surface area contributed by atoms with Gasteiger partial charge in [-0.2, -0.15) is 0 Å². The summed E-state index contributed by atoms with van der Waals surface area (Å²) in [5.41, 5.74) is 0.928. The number of hydrogen-bond donors (Lipinski definition) is 1. The molecule has 1 aromatic rings. The van der Waals surface area contributed by atoms with Crippen LogP contribution in [0.3, 0.4) is 0 Å². The number of rotatable bonds is 6. The van der Waals surface area contributed by atoms with E-state index in [0.717, 1.165) is 34.3 Å². The van der Waals surface area contributed by atoms with Gasteiger partial charge in [0.05, 0.1) is 12.3 Å². The lowest BCUT2D eigenvalue weighted by Crippen LogP contribution is -2.18. The first-order chi connectivity index (χ1) is 7.74. The van der Waals surface area contributed by atoms with Crippen LogP contribution in [0.2, 0.25) is 0 Å². The fourth-order valence-electron chi connectivity index (χ4n) is 1.08. The highest BCUT2D eigenvalue weighted by molar-refractivity contribution is 9.11. The summed E-state index contributed by atoms with van der Waals surface area (Å²) in [6.45, 7) is 2.40. The van der Waals surface area contributed by atoms with Crippen LogP contribution in [-0.2, 0) is 4.74 Å². The van der Waals surface area contributed by atoms with Crippen LogP contribution in [0.1, 0.15) is 5.69 Å². The molecule has 5 heteroatoms. The Morgan fingerprint density at radius 1 is 1.50 bits per heavy atom. The summed E-state index contributed by atoms with van der Waals surface area (Å²) in [7, 11) is 1.69. The summed E-state index contributed by atoms with van der Waals surface area (Å²) < 4.78 is 6.88. The molecule has 0 aromatic carbocycles. The first-order valence-electron chi connectivity index (χ1n) is 4.91. The third kappa shape index (κ3) is 5.21. The SMILES string of the molecule is COCCNC/C=C/c1ncc(Br)cc1Br. The second-order valence-corrected chi connectivity index (χ2v) is 4.89. The molecule has 0 saturated heterocycles. The lowest BCUT2D eigenvalue weighted by molar-refractivity contribution is 0.200. The summed E-state index contributed by atoms with van der Waals surface area (Å²) in [5, 5.41) is 3.22. The smallest absolute Gasteiger partial charge is 0.0769 e. The average molecular weight is 350 g/mol. The van der Waals surface area contributed by atoms with E-state index >= 15 is 0 Å². The summed E-state index contributed by atoms with van der Waals surface area (Å²) in [6, 6.07) is 1.98. The van der Waals surface area contributed by atoms with Crippen LogP contribution < -0.4 is 5.32 Å². The van der Waals surface area contributed by atoms with Crippen molar-refractivity contribution in [2.45, 2.75) is 0 Å². The van der Waals surface area contributed by atoms with E-state index in [0.29, 0.717) is 0 Å². The first-order valence-corrected chi connectivity index (χ1v) is 6.50. The number of hydrogen-bond acceptors (Lipinski definition) is 3. The predicted molar refractivity (Wildman–Crippen MR) is 73.4 cm³/mol. The zero-order valence-corrected chi connectivity index (χ0v) is 12.2. The predicted octanol–water partition coefficient (Wildman–Crippen LogP) is 2.86. The van der Waals surface area contributed by atoms with Gasteiger partial charge in [-0.05, 0) is 44.0 Å². The van der Waals surface area contributed by atoms with E-state index in [9.17, 15) is 0 Å². The topological polar surface area (TPSA) is 34.1 Å².